The summed E-state index contributed by atoms with van der Waals surface area (Å²) in [6.45, 7) is 3.85. The van der Waals surface area contributed by atoms with Crippen molar-refractivity contribution >= 4 is 5.91 Å². The molecule has 4 rings (SSSR count). The van der Waals surface area contributed by atoms with Gasteiger partial charge < -0.3 is 5.32 Å². The Morgan fingerprint density at radius 2 is 1.70 bits per heavy atom. The van der Waals surface area contributed by atoms with Crippen LogP contribution in [0.15, 0.2) is 67.0 Å². The van der Waals surface area contributed by atoms with Crippen molar-refractivity contribution in [3.63, 3.8) is 0 Å². The van der Waals surface area contributed by atoms with E-state index in [0.29, 0.717) is 12.1 Å². The van der Waals surface area contributed by atoms with E-state index in [2.05, 4.69) is 33.5 Å². The van der Waals surface area contributed by atoms with Crippen LogP contribution in [0.3, 0.4) is 0 Å². The molecule has 0 atom stereocenters. The lowest BCUT2D eigenvalue weighted by atomic mass is 10.1. The third-order valence-electron chi connectivity index (χ3n) is 5.05. The number of likely N-dealkylation sites (tertiary alicyclic amines) is 1. The molecule has 5 nitrogen and oxygen atoms in total. The van der Waals surface area contributed by atoms with Crippen molar-refractivity contribution in [1.29, 1.82) is 0 Å². The predicted molar refractivity (Wildman–Crippen MR) is 106 cm³/mol. The van der Waals surface area contributed by atoms with Gasteiger partial charge in [-0.3, -0.25) is 9.69 Å². The molecular formula is C22H24N4O. The van der Waals surface area contributed by atoms with Gasteiger partial charge in [-0.2, -0.15) is 5.10 Å². The molecule has 3 aromatic rings. The van der Waals surface area contributed by atoms with Gasteiger partial charge in [0, 0.05) is 31.0 Å². The van der Waals surface area contributed by atoms with Crippen molar-refractivity contribution in [3.8, 4) is 5.69 Å². The molecule has 1 fully saturated rings. The van der Waals surface area contributed by atoms with Crippen molar-refractivity contribution in [3.05, 3.63) is 83.7 Å². The SMILES string of the molecule is O=C(NCc1ccccc1CN1CCCC1)c1ccc(-n2cccn2)cc1. The normalized spacial score (nSPS) is 14.4. The van der Waals surface area contributed by atoms with Crippen LogP contribution < -0.4 is 5.32 Å². The number of nitrogens with one attached hydrogen (secondary N) is 1. The van der Waals surface area contributed by atoms with E-state index in [1.807, 2.05) is 42.6 Å². The molecule has 1 aromatic heterocycles. The first kappa shape index (κ1) is 17.5. The Hall–Kier alpha value is -2.92. The van der Waals surface area contributed by atoms with Crippen molar-refractivity contribution in [2.45, 2.75) is 25.9 Å². The summed E-state index contributed by atoms with van der Waals surface area (Å²) in [5.74, 6) is -0.0574. The number of nitrogens with zero attached hydrogens (tertiary/aromatic N) is 3. The second-order valence-corrected chi connectivity index (χ2v) is 6.93. The minimum absolute atomic E-state index is 0.0574. The zero-order chi connectivity index (χ0) is 18.5. The van der Waals surface area contributed by atoms with Gasteiger partial charge in [-0.1, -0.05) is 24.3 Å². The van der Waals surface area contributed by atoms with Crippen LogP contribution in [0.2, 0.25) is 0 Å². The number of carbonyl (C=O) groups is 1. The van der Waals surface area contributed by atoms with Crippen molar-refractivity contribution in [2.24, 2.45) is 0 Å². The molecule has 0 radical (unpaired) electrons. The van der Waals surface area contributed by atoms with E-state index in [9.17, 15) is 4.79 Å². The molecule has 0 spiro atoms. The molecule has 1 aliphatic heterocycles. The molecule has 2 heterocycles. The molecule has 27 heavy (non-hydrogen) atoms. The molecular weight excluding hydrogens is 336 g/mol. The topological polar surface area (TPSA) is 50.2 Å². The van der Waals surface area contributed by atoms with E-state index in [0.717, 1.165) is 12.2 Å². The van der Waals surface area contributed by atoms with Gasteiger partial charge in [0.2, 0.25) is 0 Å². The van der Waals surface area contributed by atoms with Crippen LogP contribution in [-0.2, 0) is 13.1 Å². The van der Waals surface area contributed by atoms with E-state index < -0.39 is 0 Å². The predicted octanol–water partition coefficient (Wildman–Crippen LogP) is 3.40. The Morgan fingerprint density at radius 3 is 2.41 bits per heavy atom. The van der Waals surface area contributed by atoms with Crippen molar-refractivity contribution < 1.29 is 4.79 Å². The standard InChI is InChI=1S/C22H24N4O/c27-22(18-8-10-21(11-9-18)26-15-5-12-24-26)23-16-19-6-1-2-7-20(19)17-25-13-3-4-14-25/h1-2,5-12,15H,3-4,13-14,16-17H2,(H,23,27). The minimum atomic E-state index is -0.0574. The zero-order valence-electron chi connectivity index (χ0n) is 15.3. The fourth-order valence-electron chi connectivity index (χ4n) is 3.53. The summed E-state index contributed by atoms with van der Waals surface area (Å²) >= 11 is 0. The summed E-state index contributed by atoms with van der Waals surface area (Å²) in [5, 5.41) is 7.26. The quantitative estimate of drug-likeness (QED) is 0.733. The fourth-order valence-corrected chi connectivity index (χ4v) is 3.53. The van der Waals surface area contributed by atoms with Crippen LogP contribution in [0.4, 0.5) is 0 Å². The Kier molecular flexibility index (Phi) is 5.30. The highest BCUT2D eigenvalue weighted by atomic mass is 16.1. The Bertz CT molecular complexity index is 881. The molecule has 0 aliphatic carbocycles. The van der Waals surface area contributed by atoms with Crippen LogP contribution in [-0.4, -0.2) is 33.7 Å². The highest BCUT2D eigenvalue weighted by Crippen LogP contribution is 2.16. The first-order chi connectivity index (χ1) is 13.3. The molecule has 1 amide bonds. The third-order valence-corrected chi connectivity index (χ3v) is 5.05. The maximum Gasteiger partial charge on any atom is 0.251 e. The highest BCUT2D eigenvalue weighted by molar-refractivity contribution is 5.94. The van der Waals surface area contributed by atoms with Gasteiger partial charge in [-0.15, -0.1) is 0 Å². The van der Waals surface area contributed by atoms with Gasteiger partial charge in [0.05, 0.1) is 5.69 Å². The van der Waals surface area contributed by atoms with E-state index >= 15 is 0 Å². The number of rotatable bonds is 6. The first-order valence-corrected chi connectivity index (χ1v) is 9.47. The second-order valence-electron chi connectivity index (χ2n) is 6.93. The number of carbonyl (C=O) groups excluding carboxylic acids is 1. The molecule has 138 valence electrons. The molecule has 2 aromatic carbocycles. The van der Waals surface area contributed by atoms with Crippen molar-refractivity contribution in [1.82, 2.24) is 20.0 Å². The molecule has 0 unspecified atom stereocenters. The molecule has 5 heteroatoms. The largest absolute Gasteiger partial charge is 0.348 e. The van der Waals surface area contributed by atoms with Gasteiger partial charge in [-0.25, -0.2) is 4.68 Å². The van der Waals surface area contributed by atoms with Crippen LogP contribution in [0.25, 0.3) is 5.69 Å². The summed E-state index contributed by atoms with van der Waals surface area (Å²) in [6, 6.07) is 17.7. The molecule has 1 N–H and O–H groups in total. The molecule has 0 bridgehead atoms. The Balaban J connectivity index is 1.39. The number of aromatic nitrogens is 2. The molecule has 1 saturated heterocycles. The summed E-state index contributed by atoms with van der Waals surface area (Å²) < 4.78 is 1.77. The first-order valence-electron chi connectivity index (χ1n) is 9.47. The lowest BCUT2D eigenvalue weighted by Gasteiger charge is -2.17. The average Bonchev–Trinajstić information content (AvgIpc) is 3.41. The van der Waals surface area contributed by atoms with E-state index in [1.54, 1.807) is 10.9 Å². The monoisotopic (exact) mass is 360 g/mol. The van der Waals surface area contributed by atoms with Crippen LogP contribution >= 0.6 is 0 Å². The van der Waals surface area contributed by atoms with Crippen LogP contribution in [0, 0.1) is 0 Å². The summed E-state index contributed by atoms with van der Waals surface area (Å²) in [7, 11) is 0. The minimum Gasteiger partial charge on any atom is -0.348 e. The Labute approximate surface area is 159 Å². The van der Waals surface area contributed by atoms with E-state index in [-0.39, 0.29) is 5.91 Å². The smallest absolute Gasteiger partial charge is 0.251 e. The third kappa shape index (κ3) is 4.26. The number of hydrogen-bond acceptors (Lipinski definition) is 3. The van der Waals surface area contributed by atoms with Gasteiger partial charge in [0.25, 0.3) is 5.91 Å². The number of hydrogen-bond donors (Lipinski definition) is 1. The summed E-state index contributed by atoms with van der Waals surface area (Å²) in [4.78, 5) is 15.0. The molecule has 1 aliphatic rings. The van der Waals surface area contributed by atoms with Gasteiger partial charge in [0.15, 0.2) is 0 Å². The van der Waals surface area contributed by atoms with Crippen LogP contribution in [0.5, 0.6) is 0 Å². The fraction of sp³-hybridized carbons (Fsp3) is 0.273. The number of amides is 1. The second kappa shape index (κ2) is 8.18. The van der Waals surface area contributed by atoms with Gasteiger partial charge in [0.1, 0.15) is 0 Å². The Morgan fingerprint density at radius 1 is 0.963 bits per heavy atom. The maximum absolute atomic E-state index is 12.5. The lowest BCUT2D eigenvalue weighted by Crippen LogP contribution is -2.25. The summed E-state index contributed by atoms with van der Waals surface area (Å²) in [5.41, 5.74) is 4.08. The van der Waals surface area contributed by atoms with Crippen molar-refractivity contribution in [2.75, 3.05) is 13.1 Å². The highest BCUT2D eigenvalue weighted by Gasteiger charge is 2.14. The number of benzene rings is 2. The van der Waals surface area contributed by atoms with Crippen LogP contribution in [0.1, 0.15) is 34.3 Å². The zero-order valence-corrected chi connectivity index (χ0v) is 15.3. The van der Waals surface area contributed by atoms with E-state index in [4.69, 9.17) is 0 Å². The maximum atomic E-state index is 12.5. The van der Waals surface area contributed by atoms with Gasteiger partial charge >= 0.3 is 0 Å². The lowest BCUT2D eigenvalue weighted by molar-refractivity contribution is 0.0951. The van der Waals surface area contributed by atoms with E-state index in [1.165, 1.54) is 37.1 Å². The summed E-state index contributed by atoms with van der Waals surface area (Å²) in [6.07, 6.45) is 6.19. The average molecular weight is 360 g/mol. The molecule has 0 saturated carbocycles. The van der Waals surface area contributed by atoms with Gasteiger partial charge in [-0.05, 0) is 67.4 Å².